The monoisotopic (exact) mass is 366 g/mol. The van der Waals surface area contributed by atoms with Crippen LogP contribution in [-0.4, -0.2) is 10.9 Å². The Morgan fingerprint density at radius 1 is 0.929 bits per heavy atom. The van der Waals surface area contributed by atoms with Crippen LogP contribution in [0.1, 0.15) is 28.4 Å². The third-order valence-electron chi connectivity index (χ3n) is 4.95. The fourth-order valence-corrected chi connectivity index (χ4v) is 3.38. The van der Waals surface area contributed by atoms with Gasteiger partial charge in [0.1, 0.15) is 0 Å². The minimum Gasteiger partial charge on any atom is -0.322 e. The van der Waals surface area contributed by atoms with E-state index in [0.717, 1.165) is 39.8 Å². The predicted molar refractivity (Wildman–Crippen MR) is 116 cm³/mol. The average molecular weight is 366 g/mol. The summed E-state index contributed by atoms with van der Waals surface area (Å²) < 4.78 is 0. The Labute approximate surface area is 165 Å². The second kappa shape index (κ2) is 7.65. The van der Waals surface area contributed by atoms with Crippen LogP contribution in [0.4, 0.5) is 5.69 Å². The second-order valence-corrected chi connectivity index (χ2v) is 6.90. The van der Waals surface area contributed by atoms with Gasteiger partial charge in [0.25, 0.3) is 5.91 Å². The quantitative estimate of drug-likeness (QED) is 0.479. The Kier molecular flexibility index (Phi) is 4.90. The van der Waals surface area contributed by atoms with Crippen LogP contribution < -0.4 is 5.32 Å². The zero-order chi connectivity index (χ0) is 19.5. The number of hydrogen-bond donors (Lipinski definition) is 1. The second-order valence-electron chi connectivity index (χ2n) is 6.90. The number of aromatic nitrogens is 1. The topological polar surface area (TPSA) is 42.0 Å². The molecule has 1 aromatic heterocycles. The molecular formula is C25H22N2O. The number of nitrogens with zero attached hydrogens (tertiary/aromatic N) is 1. The Morgan fingerprint density at radius 2 is 1.64 bits per heavy atom. The van der Waals surface area contributed by atoms with Crippen LogP contribution in [0.15, 0.2) is 78.9 Å². The number of aryl methyl sites for hydroxylation is 2. The van der Waals surface area contributed by atoms with Gasteiger partial charge in [0.15, 0.2) is 0 Å². The van der Waals surface area contributed by atoms with Gasteiger partial charge in [0.05, 0.1) is 16.8 Å². The number of carbonyl (C=O) groups excluding carboxylic acids is 1. The third kappa shape index (κ3) is 3.52. The number of pyridine rings is 1. The molecule has 28 heavy (non-hydrogen) atoms. The van der Waals surface area contributed by atoms with E-state index in [-0.39, 0.29) is 5.91 Å². The van der Waals surface area contributed by atoms with Crippen molar-refractivity contribution in [1.29, 1.82) is 0 Å². The highest BCUT2D eigenvalue weighted by molar-refractivity contribution is 6.13. The molecule has 1 N–H and O–H groups in total. The van der Waals surface area contributed by atoms with Gasteiger partial charge in [-0.3, -0.25) is 4.79 Å². The molecule has 3 nitrogen and oxygen atoms in total. The summed E-state index contributed by atoms with van der Waals surface area (Å²) in [6, 6.07) is 25.8. The molecule has 0 saturated carbocycles. The van der Waals surface area contributed by atoms with E-state index in [2.05, 4.69) is 31.3 Å². The van der Waals surface area contributed by atoms with Crippen molar-refractivity contribution in [2.75, 3.05) is 5.32 Å². The number of carbonyl (C=O) groups is 1. The number of para-hydroxylation sites is 2. The number of amides is 1. The van der Waals surface area contributed by atoms with Crippen molar-refractivity contribution in [3.63, 3.8) is 0 Å². The molecule has 0 saturated heterocycles. The van der Waals surface area contributed by atoms with Gasteiger partial charge in [-0.2, -0.15) is 0 Å². The van der Waals surface area contributed by atoms with Crippen LogP contribution in [0.2, 0.25) is 0 Å². The molecule has 0 radical (unpaired) electrons. The van der Waals surface area contributed by atoms with Gasteiger partial charge in [0.2, 0.25) is 0 Å². The van der Waals surface area contributed by atoms with Crippen molar-refractivity contribution in [2.45, 2.75) is 20.3 Å². The van der Waals surface area contributed by atoms with Crippen LogP contribution in [-0.2, 0) is 6.42 Å². The first-order chi connectivity index (χ1) is 13.7. The zero-order valence-electron chi connectivity index (χ0n) is 16.1. The van der Waals surface area contributed by atoms with Crippen LogP contribution >= 0.6 is 0 Å². The molecule has 0 aliphatic rings. The Bertz CT molecular complexity index is 1150. The SMILES string of the molecule is CCc1ccccc1NC(=O)c1cc(-c2ccc(C)cc2)nc2ccccc12. The van der Waals surface area contributed by atoms with Crippen LogP contribution in [0.5, 0.6) is 0 Å². The lowest BCUT2D eigenvalue weighted by atomic mass is 10.0. The number of benzene rings is 3. The summed E-state index contributed by atoms with van der Waals surface area (Å²) in [6.07, 6.45) is 0.863. The molecule has 0 spiro atoms. The zero-order valence-corrected chi connectivity index (χ0v) is 16.1. The molecule has 0 aliphatic heterocycles. The van der Waals surface area contributed by atoms with Gasteiger partial charge >= 0.3 is 0 Å². The molecule has 0 aliphatic carbocycles. The largest absolute Gasteiger partial charge is 0.322 e. The van der Waals surface area contributed by atoms with Crippen molar-refractivity contribution >= 4 is 22.5 Å². The van der Waals surface area contributed by atoms with Crippen molar-refractivity contribution in [3.05, 3.63) is 95.6 Å². The van der Waals surface area contributed by atoms with E-state index in [1.807, 2.05) is 66.7 Å². The lowest BCUT2D eigenvalue weighted by Crippen LogP contribution is -2.14. The predicted octanol–water partition coefficient (Wildman–Crippen LogP) is 6.02. The molecule has 0 atom stereocenters. The molecule has 138 valence electrons. The van der Waals surface area contributed by atoms with Crippen molar-refractivity contribution in [3.8, 4) is 11.3 Å². The molecule has 0 fully saturated rings. The molecule has 4 rings (SSSR count). The summed E-state index contributed by atoms with van der Waals surface area (Å²) in [7, 11) is 0. The Morgan fingerprint density at radius 3 is 2.43 bits per heavy atom. The van der Waals surface area contributed by atoms with Crippen LogP contribution in [0.3, 0.4) is 0 Å². The van der Waals surface area contributed by atoms with E-state index in [9.17, 15) is 4.79 Å². The number of anilines is 1. The van der Waals surface area contributed by atoms with Crippen molar-refractivity contribution < 1.29 is 4.79 Å². The summed E-state index contributed by atoms with van der Waals surface area (Å²) in [4.78, 5) is 18.0. The molecule has 4 aromatic rings. The number of hydrogen-bond acceptors (Lipinski definition) is 2. The maximum absolute atomic E-state index is 13.2. The van der Waals surface area contributed by atoms with Gasteiger partial charge < -0.3 is 5.32 Å². The number of nitrogens with one attached hydrogen (secondary N) is 1. The highest BCUT2D eigenvalue weighted by atomic mass is 16.1. The highest BCUT2D eigenvalue weighted by Crippen LogP contribution is 2.26. The first kappa shape index (κ1) is 17.9. The summed E-state index contributed by atoms with van der Waals surface area (Å²) in [5.74, 6) is -0.118. The lowest BCUT2D eigenvalue weighted by Gasteiger charge is -2.13. The molecule has 0 bridgehead atoms. The van der Waals surface area contributed by atoms with Gasteiger partial charge in [-0.25, -0.2) is 4.98 Å². The van der Waals surface area contributed by atoms with E-state index >= 15 is 0 Å². The standard InChI is InChI=1S/C25H22N2O/c1-3-18-8-4-6-10-22(18)27-25(28)21-16-24(19-14-12-17(2)13-15-19)26-23-11-7-5-9-20(21)23/h4-16H,3H2,1-2H3,(H,27,28). The maximum Gasteiger partial charge on any atom is 0.256 e. The normalized spacial score (nSPS) is 10.8. The van der Waals surface area contributed by atoms with Crippen LogP contribution in [0, 0.1) is 6.92 Å². The van der Waals surface area contributed by atoms with Gasteiger partial charge in [0, 0.05) is 16.6 Å². The summed E-state index contributed by atoms with van der Waals surface area (Å²) in [5.41, 5.74) is 6.41. The molecule has 1 heterocycles. The highest BCUT2D eigenvalue weighted by Gasteiger charge is 2.15. The van der Waals surface area contributed by atoms with Crippen molar-refractivity contribution in [1.82, 2.24) is 4.98 Å². The number of rotatable bonds is 4. The van der Waals surface area contributed by atoms with E-state index in [1.54, 1.807) is 0 Å². The maximum atomic E-state index is 13.2. The Hall–Kier alpha value is -3.46. The Balaban J connectivity index is 1.80. The minimum atomic E-state index is -0.118. The van der Waals surface area contributed by atoms with Gasteiger partial charge in [-0.1, -0.05) is 73.2 Å². The first-order valence-electron chi connectivity index (χ1n) is 9.52. The lowest BCUT2D eigenvalue weighted by molar-refractivity contribution is 0.102. The van der Waals surface area contributed by atoms with Crippen LogP contribution in [0.25, 0.3) is 22.2 Å². The smallest absolute Gasteiger partial charge is 0.256 e. The van der Waals surface area contributed by atoms with E-state index in [1.165, 1.54) is 5.56 Å². The third-order valence-corrected chi connectivity index (χ3v) is 4.95. The summed E-state index contributed by atoms with van der Waals surface area (Å²) in [5, 5.41) is 3.94. The molecule has 1 amide bonds. The summed E-state index contributed by atoms with van der Waals surface area (Å²) >= 11 is 0. The molecule has 3 aromatic carbocycles. The summed E-state index contributed by atoms with van der Waals surface area (Å²) in [6.45, 7) is 4.14. The van der Waals surface area contributed by atoms with Gasteiger partial charge in [-0.05, 0) is 37.1 Å². The van der Waals surface area contributed by atoms with E-state index in [0.29, 0.717) is 5.56 Å². The number of fused-ring (bicyclic) bond motifs is 1. The van der Waals surface area contributed by atoms with E-state index in [4.69, 9.17) is 4.98 Å². The molecule has 0 unspecified atom stereocenters. The fourth-order valence-electron chi connectivity index (χ4n) is 3.38. The van der Waals surface area contributed by atoms with E-state index < -0.39 is 0 Å². The fraction of sp³-hybridized carbons (Fsp3) is 0.120. The minimum absolute atomic E-state index is 0.118. The molecular weight excluding hydrogens is 344 g/mol. The molecule has 3 heteroatoms. The van der Waals surface area contributed by atoms with Crippen molar-refractivity contribution in [2.24, 2.45) is 0 Å². The van der Waals surface area contributed by atoms with Gasteiger partial charge in [-0.15, -0.1) is 0 Å². The first-order valence-corrected chi connectivity index (χ1v) is 9.52. The average Bonchev–Trinajstić information content (AvgIpc) is 2.74.